The van der Waals surface area contributed by atoms with Crippen LogP contribution in [0.15, 0.2) is 42.6 Å². The monoisotopic (exact) mass is 636 g/mol. The maximum absolute atomic E-state index is 14.1. The van der Waals surface area contributed by atoms with E-state index >= 15 is 0 Å². The molecular weight excluding hydrogens is 593 g/mol. The molecule has 1 atom stereocenters. The molecule has 0 bridgehead atoms. The van der Waals surface area contributed by atoms with Gasteiger partial charge in [-0.15, -0.1) is 0 Å². The topological polar surface area (TPSA) is 82.6 Å². The molecule has 2 fully saturated rings. The molecule has 11 heteroatoms. The zero-order valence-corrected chi connectivity index (χ0v) is 27.0. The van der Waals surface area contributed by atoms with E-state index in [9.17, 15) is 18.0 Å². The zero-order chi connectivity index (χ0) is 32.6. The number of nitrogens with zero attached hydrogens (tertiary/aromatic N) is 4. The minimum atomic E-state index is -4.66. The maximum atomic E-state index is 14.1. The Kier molecular flexibility index (Phi) is 8.89. The molecule has 0 saturated carbocycles. The summed E-state index contributed by atoms with van der Waals surface area (Å²) in [5.41, 5.74) is 2.64. The number of ketones is 1. The molecule has 1 unspecified atom stereocenters. The number of rotatable bonds is 9. The van der Waals surface area contributed by atoms with Gasteiger partial charge in [0.05, 0.1) is 12.8 Å². The predicted molar refractivity (Wildman–Crippen MR) is 174 cm³/mol. The average Bonchev–Trinajstić information content (AvgIpc) is 3.01. The molecule has 3 aromatic rings. The van der Waals surface area contributed by atoms with Gasteiger partial charge in [0.1, 0.15) is 22.9 Å². The number of aromatic nitrogens is 2. The number of carbonyl (C=O) groups is 1. The zero-order valence-electron chi connectivity index (χ0n) is 27.0. The van der Waals surface area contributed by atoms with Crippen LogP contribution in [-0.4, -0.2) is 60.0 Å². The standard InChI is InChI=1S/C35H43F3N6O2/c1-5-22-18-30(45)34(2,3)31-23(8-6-9-26(22)31)20-39-32-27(35(36,37)38)21-40-33(42-32)41-28-11-10-25(19-29(28)46-4)44-16-12-24(13-17-44)43-14-7-15-43/h6,8-11,19,21-22,24H,5,7,12-18,20H2,1-4H3,(H2,39,40,41,42). The van der Waals surface area contributed by atoms with Crippen molar-refractivity contribution in [1.29, 1.82) is 0 Å². The van der Waals surface area contributed by atoms with Gasteiger partial charge in [0.25, 0.3) is 0 Å². The lowest BCUT2D eigenvalue weighted by Crippen LogP contribution is -2.50. The molecule has 2 aliphatic heterocycles. The van der Waals surface area contributed by atoms with E-state index in [1.807, 2.05) is 50.2 Å². The predicted octanol–water partition coefficient (Wildman–Crippen LogP) is 7.28. The van der Waals surface area contributed by atoms with Gasteiger partial charge in [-0.1, -0.05) is 25.1 Å². The number of benzene rings is 2. The third-order valence-corrected chi connectivity index (χ3v) is 10.1. The quantitative estimate of drug-likeness (QED) is 0.254. The van der Waals surface area contributed by atoms with Gasteiger partial charge in [-0.05, 0) is 87.4 Å². The summed E-state index contributed by atoms with van der Waals surface area (Å²) in [6.07, 6.45) is 0.942. The Bertz CT molecular complexity index is 1580. The highest BCUT2D eigenvalue weighted by Gasteiger charge is 2.41. The number of hydrogen-bond donors (Lipinski definition) is 2. The van der Waals surface area contributed by atoms with E-state index in [0.29, 0.717) is 23.9 Å². The third kappa shape index (κ3) is 6.26. The van der Waals surface area contributed by atoms with E-state index in [2.05, 4.69) is 37.3 Å². The number of nitrogens with one attached hydrogen (secondary N) is 2. The van der Waals surface area contributed by atoms with Crippen molar-refractivity contribution in [2.75, 3.05) is 48.8 Å². The highest BCUT2D eigenvalue weighted by atomic mass is 19.4. The summed E-state index contributed by atoms with van der Waals surface area (Å²) >= 11 is 0. The van der Waals surface area contributed by atoms with Crippen molar-refractivity contribution >= 4 is 28.9 Å². The number of likely N-dealkylation sites (tertiary alicyclic amines) is 1. The number of anilines is 4. The van der Waals surface area contributed by atoms with Crippen molar-refractivity contribution in [2.45, 2.75) is 83.0 Å². The normalized spacial score (nSPS) is 20.2. The second-order valence-corrected chi connectivity index (χ2v) is 13.2. The van der Waals surface area contributed by atoms with Crippen LogP contribution in [0.1, 0.15) is 81.0 Å². The first-order chi connectivity index (χ1) is 22.0. The van der Waals surface area contributed by atoms with Crippen molar-refractivity contribution in [1.82, 2.24) is 14.9 Å². The van der Waals surface area contributed by atoms with Crippen LogP contribution in [0.25, 0.3) is 0 Å². The first-order valence-corrected chi connectivity index (χ1v) is 16.3. The molecule has 1 aromatic heterocycles. The van der Waals surface area contributed by atoms with Crippen LogP contribution in [0.5, 0.6) is 5.75 Å². The molecule has 0 radical (unpaired) electrons. The Morgan fingerprint density at radius 1 is 1.09 bits per heavy atom. The first kappa shape index (κ1) is 32.1. The molecular formula is C35H43F3N6O2. The number of hydrogen-bond acceptors (Lipinski definition) is 8. The molecule has 0 amide bonds. The average molecular weight is 637 g/mol. The SMILES string of the molecule is CCC1CC(=O)C(C)(C)c2c(CNc3nc(Nc4ccc(N5CCC(N6CCC6)CC5)cc4OC)ncc3C(F)(F)F)cccc21. The van der Waals surface area contributed by atoms with Gasteiger partial charge < -0.3 is 25.2 Å². The van der Waals surface area contributed by atoms with Crippen LogP contribution in [0.4, 0.5) is 36.3 Å². The number of Topliss-reactive ketones (excluding diaryl/α,β-unsaturated/α-hetero) is 1. The number of carbonyl (C=O) groups excluding carboxylic acids is 1. The number of piperidine rings is 1. The summed E-state index contributed by atoms with van der Waals surface area (Å²) in [4.78, 5) is 26.3. The molecule has 2 saturated heterocycles. The summed E-state index contributed by atoms with van der Waals surface area (Å²) in [6.45, 7) is 10.2. The highest BCUT2D eigenvalue weighted by Crippen LogP contribution is 2.44. The molecule has 3 aliphatic rings. The van der Waals surface area contributed by atoms with E-state index in [-0.39, 0.29) is 30.0 Å². The van der Waals surface area contributed by atoms with Crippen molar-refractivity contribution in [3.63, 3.8) is 0 Å². The lowest BCUT2D eigenvalue weighted by atomic mass is 9.66. The number of fused-ring (bicyclic) bond motifs is 1. The van der Waals surface area contributed by atoms with Crippen LogP contribution in [0.3, 0.4) is 0 Å². The van der Waals surface area contributed by atoms with Crippen molar-refractivity contribution in [3.05, 3.63) is 64.8 Å². The summed E-state index contributed by atoms with van der Waals surface area (Å²) in [5, 5.41) is 6.00. The number of alkyl halides is 3. The Morgan fingerprint density at radius 2 is 1.85 bits per heavy atom. The Hall–Kier alpha value is -3.86. The van der Waals surface area contributed by atoms with Gasteiger partial charge in [0.15, 0.2) is 0 Å². The molecule has 6 rings (SSSR count). The van der Waals surface area contributed by atoms with E-state index < -0.39 is 17.2 Å². The minimum Gasteiger partial charge on any atom is -0.494 e. The lowest BCUT2D eigenvalue weighted by molar-refractivity contribution is -0.137. The molecule has 2 N–H and O–H groups in total. The fourth-order valence-electron chi connectivity index (χ4n) is 7.22. The Balaban J connectivity index is 1.22. The van der Waals surface area contributed by atoms with Gasteiger partial charge in [0.2, 0.25) is 5.95 Å². The van der Waals surface area contributed by atoms with Gasteiger partial charge in [-0.2, -0.15) is 18.2 Å². The fraction of sp³-hybridized carbons (Fsp3) is 0.514. The highest BCUT2D eigenvalue weighted by molar-refractivity contribution is 5.92. The summed E-state index contributed by atoms with van der Waals surface area (Å²) < 4.78 is 48.0. The van der Waals surface area contributed by atoms with Crippen LogP contribution >= 0.6 is 0 Å². The second kappa shape index (κ2) is 12.7. The molecule has 2 aromatic carbocycles. The number of methoxy groups -OCH3 is 1. The molecule has 8 nitrogen and oxygen atoms in total. The van der Waals surface area contributed by atoms with E-state index in [0.717, 1.165) is 60.9 Å². The summed E-state index contributed by atoms with van der Waals surface area (Å²) in [6, 6.07) is 12.2. The smallest absolute Gasteiger partial charge is 0.421 e. The van der Waals surface area contributed by atoms with Crippen molar-refractivity contribution in [3.8, 4) is 5.75 Å². The van der Waals surface area contributed by atoms with Crippen LogP contribution in [0, 0.1) is 0 Å². The van der Waals surface area contributed by atoms with Crippen LogP contribution in [0.2, 0.25) is 0 Å². The lowest BCUT2D eigenvalue weighted by Gasteiger charge is -2.43. The second-order valence-electron chi connectivity index (χ2n) is 13.2. The van der Waals surface area contributed by atoms with Crippen molar-refractivity contribution < 1.29 is 22.7 Å². The third-order valence-electron chi connectivity index (χ3n) is 10.1. The molecule has 246 valence electrons. The van der Waals surface area contributed by atoms with Gasteiger partial charge in [-0.25, -0.2) is 4.98 Å². The Morgan fingerprint density at radius 3 is 2.50 bits per heavy atom. The van der Waals surface area contributed by atoms with Gasteiger partial charge in [0, 0.05) is 55.5 Å². The van der Waals surface area contributed by atoms with Gasteiger partial charge >= 0.3 is 6.18 Å². The van der Waals surface area contributed by atoms with Gasteiger partial charge in [-0.3, -0.25) is 4.79 Å². The van der Waals surface area contributed by atoms with E-state index in [4.69, 9.17) is 4.74 Å². The van der Waals surface area contributed by atoms with Crippen LogP contribution < -0.4 is 20.3 Å². The molecule has 1 aliphatic carbocycles. The van der Waals surface area contributed by atoms with E-state index in [1.165, 1.54) is 19.5 Å². The molecule has 46 heavy (non-hydrogen) atoms. The van der Waals surface area contributed by atoms with Crippen molar-refractivity contribution in [2.24, 2.45) is 0 Å². The number of halogens is 3. The largest absolute Gasteiger partial charge is 0.494 e. The van der Waals surface area contributed by atoms with E-state index in [1.54, 1.807) is 7.11 Å². The summed E-state index contributed by atoms with van der Waals surface area (Å²) in [7, 11) is 1.57. The Labute approximate surface area is 268 Å². The summed E-state index contributed by atoms with van der Waals surface area (Å²) in [5.74, 6) is 0.451. The fourth-order valence-corrected chi connectivity index (χ4v) is 7.22. The first-order valence-electron chi connectivity index (χ1n) is 16.3. The molecule has 3 heterocycles. The number of ether oxygens (including phenoxy) is 1. The maximum Gasteiger partial charge on any atom is 0.421 e. The minimum absolute atomic E-state index is 0.00792. The van der Waals surface area contributed by atoms with Crippen LogP contribution in [-0.2, 0) is 22.9 Å². The molecule has 0 spiro atoms.